The van der Waals surface area contributed by atoms with Gasteiger partial charge in [0.1, 0.15) is 0 Å². The van der Waals surface area contributed by atoms with Gasteiger partial charge in [0.2, 0.25) is 0 Å². The first-order chi connectivity index (χ1) is 5.52. The lowest BCUT2D eigenvalue weighted by Gasteiger charge is -2.35. The molecule has 1 rings (SSSR count). The highest BCUT2D eigenvalue weighted by Gasteiger charge is 2.33. The van der Waals surface area contributed by atoms with Crippen LogP contribution in [0.1, 0.15) is 33.1 Å². The van der Waals surface area contributed by atoms with Gasteiger partial charge in [-0.25, -0.2) is 0 Å². The number of rotatable bonds is 2. The zero-order valence-electron chi connectivity index (χ0n) is 7.97. The van der Waals surface area contributed by atoms with Crippen molar-refractivity contribution in [2.45, 2.75) is 38.9 Å². The maximum atomic E-state index is 9.93. The van der Waals surface area contributed by atoms with Gasteiger partial charge in [-0.1, -0.05) is 19.1 Å². The molecule has 2 atom stereocenters. The molecule has 0 aromatic carbocycles. The van der Waals surface area contributed by atoms with Gasteiger partial charge in [0, 0.05) is 12.8 Å². The summed E-state index contributed by atoms with van der Waals surface area (Å²) in [6.07, 6.45) is 2.36. The largest absolute Gasteiger partial charge is 0.365 e. The van der Waals surface area contributed by atoms with Gasteiger partial charge in [0.25, 0.3) is 0 Å². The maximum Gasteiger partial charge on any atom is 0.169 e. The second-order valence-corrected chi connectivity index (χ2v) is 4.03. The van der Waals surface area contributed by atoms with Gasteiger partial charge in [-0.3, -0.25) is 0 Å². The topological polar surface area (TPSA) is 29.5 Å². The minimum Gasteiger partial charge on any atom is -0.365 e. The number of hydrogen-bond donors (Lipinski definition) is 1. The van der Waals surface area contributed by atoms with Crippen LogP contribution in [-0.2, 0) is 4.74 Å². The van der Waals surface area contributed by atoms with Crippen molar-refractivity contribution >= 4 is 0 Å². The third-order valence-corrected chi connectivity index (χ3v) is 2.23. The van der Waals surface area contributed by atoms with E-state index in [0.717, 1.165) is 18.4 Å². The summed E-state index contributed by atoms with van der Waals surface area (Å²) < 4.78 is 5.34. The Bertz CT molecular complexity index is 177. The van der Waals surface area contributed by atoms with Crippen LogP contribution in [0.5, 0.6) is 0 Å². The Labute approximate surface area is 74.2 Å². The third kappa shape index (κ3) is 2.61. The van der Waals surface area contributed by atoms with Crippen LogP contribution in [-0.4, -0.2) is 17.5 Å². The van der Waals surface area contributed by atoms with E-state index in [0.29, 0.717) is 18.9 Å². The molecular formula is C10H18O2. The lowest BCUT2D eigenvalue weighted by molar-refractivity contribution is -0.232. The fourth-order valence-corrected chi connectivity index (χ4v) is 1.75. The van der Waals surface area contributed by atoms with E-state index in [4.69, 9.17) is 4.74 Å². The summed E-state index contributed by atoms with van der Waals surface area (Å²) in [5.41, 5.74) is 0.978. The Balaban J connectivity index is 2.51. The minimum absolute atomic E-state index is 0.558. The molecule has 1 heterocycles. The molecule has 1 fully saturated rings. The predicted molar refractivity (Wildman–Crippen MR) is 48.7 cm³/mol. The van der Waals surface area contributed by atoms with E-state index >= 15 is 0 Å². The first kappa shape index (κ1) is 9.75. The molecule has 0 saturated carbocycles. The third-order valence-electron chi connectivity index (χ3n) is 2.23. The van der Waals surface area contributed by atoms with Crippen LogP contribution in [0.15, 0.2) is 12.2 Å². The van der Waals surface area contributed by atoms with Gasteiger partial charge in [0.05, 0.1) is 6.61 Å². The predicted octanol–water partition coefficient (Wildman–Crippen LogP) is 2.09. The summed E-state index contributed by atoms with van der Waals surface area (Å²) in [5, 5.41) is 9.93. The van der Waals surface area contributed by atoms with Crippen molar-refractivity contribution < 1.29 is 9.84 Å². The highest BCUT2D eigenvalue weighted by atomic mass is 16.6. The lowest BCUT2D eigenvalue weighted by atomic mass is 9.91. The monoisotopic (exact) mass is 170 g/mol. The van der Waals surface area contributed by atoms with Crippen LogP contribution in [0.3, 0.4) is 0 Å². The standard InChI is InChI=1S/C10H18O2/c1-8(2)6-10(11)7-9(3)4-5-12-10/h9,11H,1,4-7H2,2-3H3. The fraction of sp³-hybridized carbons (Fsp3) is 0.800. The van der Waals surface area contributed by atoms with E-state index in [-0.39, 0.29) is 0 Å². The normalized spacial score (nSPS) is 36.4. The average Bonchev–Trinajstić information content (AvgIpc) is 1.82. The molecule has 1 aliphatic rings. The maximum absolute atomic E-state index is 9.93. The van der Waals surface area contributed by atoms with Crippen molar-refractivity contribution in [2.24, 2.45) is 5.92 Å². The van der Waals surface area contributed by atoms with E-state index in [9.17, 15) is 5.11 Å². The second kappa shape index (κ2) is 3.58. The van der Waals surface area contributed by atoms with Gasteiger partial charge >= 0.3 is 0 Å². The molecule has 0 amide bonds. The number of hydrogen-bond acceptors (Lipinski definition) is 2. The van der Waals surface area contributed by atoms with Crippen LogP contribution in [0.2, 0.25) is 0 Å². The summed E-state index contributed by atoms with van der Waals surface area (Å²) in [4.78, 5) is 0. The first-order valence-electron chi connectivity index (χ1n) is 4.52. The molecule has 0 aromatic heterocycles. The SMILES string of the molecule is C=C(C)CC1(O)CC(C)CCO1. The molecule has 0 spiro atoms. The van der Waals surface area contributed by atoms with E-state index < -0.39 is 5.79 Å². The van der Waals surface area contributed by atoms with E-state index in [1.807, 2.05) is 6.92 Å². The molecule has 70 valence electrons. The molecule has 1 saturated heterocycles. The highest BCUT2D eigenvalue weighted by Crippen LogP contribution is 2.31. The zero-order chi connectivity index (χ0) is 9.19. The molecule has 12 heavy (non-hydrogen) atoms. The van der Waals surface area contributed by atoms with Gasteiger partial charge in [0.15, 0.2) is 5.79 Å². The summed E-state index contributed by atoms with van der Waals surface area (Å²) in [6, 6.07) is 0. The Kier molecular flexibility index (Phi) is 2.91. The van der Waals surface area contributed by atoms with Crippen molar-refractivity contribution in [2.75, 3.05) is 6.61 Å². The van der Waals surface area contributed by atoms with Crippen LogP contribution in [0, 0.1) is 5.92 Å². The Morgan fingerprint density at radius 2 is 2.42 bits per heavy atom. The quantitative estimate of drug-likeness (QED) is 0.643. The Morgan fingerprint density at radius 3 is 2.92 bits per heavy atom. The van der Waals surface area contributed by atoms with Gasteiger partial charge in [-0.2, -0.15) is 0 Å². The zero-order valence-corrected chi connectivity index (χ0v) is 7.97. The van der Waals surface area contributed by atoms with Crippen molar-refractivity contribution in [3.63, 3.8) is 0 Å². The molecule has 0 aliphatic carbocycles. The molecule has 0 aromatic rings. The van der Waals surface area contributed by atoms with E-state index in [1.165, 1.54) is 0 Å². The molecule has 0 bridgehead atoms. The van der Waals surface area contributed by atoms with Crippen molar-refractivity contribution in [3.8, 4) is 0 Å². The van der Waals surface area contributed by atoms with Crippen LogP contribution in [0.4, 0.5) is 0 Å². The number of ether oxygens (including phenoxy) is 1. The molecule has 1 N–H and O–H groups in total. The smallest absolute Gasteiger partial charge is 0.169 e. The Morgan fingerprint density at radius 1 is 1.75 bits per heavy atom. The molecule has 0 radical (unpaired) electrons. The van der Waals surface area contributed by atoms with Crippen molar-refractivity contribution in [1.82, 2.24) is 0 Å². The summed E-state index contributed by atoms with van der Waals surface area (Å²) in [7, 11) is 0. The van der Waals surface area contributed by atoms with Gasteiger partial charge in [-0.05, 0) is 19.3 Å². The summed E-state index contributed by atoms with van der Waals surface area (Å²) >= 11 is 0. The van der Waals surface area contributed by atoms with Crippen molar-refractivity contribution in [1.29, 1.82) is 0 Å². The second-order valence-electron chi connectivity index (χ2n) is 4.03. The highest BCUT2D eigenvalue weighted by molar-refractivity contribution is 4.95. The Hall–Kier alpha value is -0.340. The summed E-state index contributed by atoms with van der Waals surface area (Å²) in [6.45, 7) is 8.51. The molecule has 1 aliphatic heterocycles. The average molecular weight is 170 g/mol. The van der Waals surface area contributed by atoms with Crippen LogP contribution in [0.25, 0.3) is 0 Å². The van der Waals surface area contributed by atoms with Crippen LogP contribution >= 0.6 is 0 Å². The number of aliphatic hydroxyl groups is 1. The molecular weight excluding hydrogens is 152 g/mol. The molecule has 2 unspecified atom stereocenters. The molecule has 2 nitrogen and oxygen atoms in total. The lowest BCUT2D eigenvalue weighted by Crippen LogP contribution is -2.39. The van der Waals surface area contributed by atoms with Crippen molar-refractivity contribution in [3.05, 3.63) is 12.2 Å². The molecule has 2 heteroatoms. The van der Waals surface area contributed by atoms with Crippen LogP contribution < -0.4 is 0 Å². The first-order valence-corrected chi connectivity index (χ1v) is 4.52. The van der Waals surface area contributed by atoms with Gasteiger partial charge < -0.3 is 9.84 Å². The van der Waals surface area contributed by atoms with Gasteiger partial charge in [-0.15, -0.1) is 0 Å². The van der Waals surface area contributed by atoms with E-state index in [1.54, 1.807) is 0 Å². The fourth-order valence-electron chi connectivity index (χ4n) is 1.75. The van der Waals surface area contributed by atoms with E-state index in [2.05, 4.69) is 13.5 Å². The summed E-state index contributed by atoms with van der Waals surface area (Å²) in [5.74, 6) is -0.369. The minimum atomic E-state index is -0.927.